The van der Waals surface area contributed by atoms with E-state index in [9.17, 15) is 10.2 Å². The number of rotatable bonds is 2. The first kappa shape index (κ1) is 13.6. The second-order valence-electron chi connectivity index (χ2n) is 5.24. The molecule has 1 saturated heterocycles. The van der Waals surface area contributed by atoms with E-state index in [4.69, 9.17) is 22.1 Å². The van der Waals surface area contributed by atoms with Crippen LogP contribution in [0.25, 0.3) is 5.52 Å². The van der Waals surface area contributed by atoms with Gasteiger partial charge in [0, 0.05) is 6.42 Å². The van der Waals surface area contributed by atoms with Crippen molar-refractivity contribution in [3.8, 4) is 0 Å². The molecule has 1 fully saturated rings. The van der Waals surface area contributed by atoms with Crippen LogP contribution in [0.4, 0.5) is 5.82 Å². The molecular weight excluding hydrogens is 284 g/mol. The minimum atomic E-state index is -0.778. The highest BCUT2D eigenvalue weighted by molar-refractivity contribution is 6.34. The van der Waals surface area contributed by atoms with Crippen molar-refractivity contribution in [3.63, 3.8) is 0 Å². The van der Waals surface area contributed by atoms with Crippen molar-refractivity contribution in [3.05, 3.63) is 23.1 Å². The van der Waals surface area contributed by atoms with E-state index in [1.807, 2.05) is 0 Å². The van der Waals surface area contributed by atoms with Gasteiger partial charge >= 0.3 is 0 Å². The van der Waals surface area contributed by atoms with Crippen LogP contribution in [-0.4, -0.2) is 43.1 Å². The van der Waals surface area contributed by atoms with E-state index in [0.717, 1.165) is 0 Å². The van der Waals surface area contributed by atoms with Crippen LogP contribution in [0.5, 0.6) is 0 Å². The summed E-state index contributed by atoms with van der Waals surface area (Å²) in [5.74, 6) is 0.258. The number of hydrogen-bond donors (Lipinski definition) is 3. The number of fused-ring (bicyclic) bond motifs is 1. The summed E-state index contributed by atoms with van der Waals surface area (Å²) >= 11 is 6.15. The van der Waals surface area contributed by atoms with Crippen LogP contribution < -0.4 is 5.73 Å². The molecule has 2 aromatic heterocycles. The van der Waals surface area contributed by atoms with Gasteiger partial charge in [0.2, 0.25) is 0 Å². The number of ether oxygens (including phenoxy) is 1. The smallest absolute Gasteiger partial charge is 0.152 e. The summed E-state index contributed by atoms with van der Waals surface area (Å²) in [5.41, 5.74) is 6.08. The molecule has 0 amide bonds. The third-order valence-electron chi connectivity index (χ3n) is 3.59. The monoisotopic (exact) mass is 298 g/mol. The Balaban J connectivity index is 2.10. The van der Waals surface area contributed by atoms with E-state index in [2.05, 4.69) is 10.1 Å². The first-order chi connectivity index (χ1) is 9.45. The fourth-order valence-electron chi connectivity index (χ4n) is 2.59. The normalized spacial score (nSPS) is 30.2. The van der Waals surface area contributed by atoms with Gasteiger partial charge in [-0.05, 0) is 13.0 Å². The zero-order valence-corrected chi connectivity index (χ0v) is 11.6. The van der Waals surface area contributed by atoms with Crippen molar-refractivity contribution in [1.29, 1.82) is 0 Å². The minimum Gasteiger partial charge on any atom is -0.393 e. The number of nitrogen functional groups attached to an aromatic ring is 1. The molecular formula is C12H15ClN4O3. The number of nitrogens with zero attached hydrogens (tertiary/aromatic N) is 3. The Morgan fingerprint density at radius 3 is 3.05 bits per heavy atom. The third-order valence-corrected chi connectivity index (χ3v) is 3.88. The number of halogens is 1. The Kier molecular flexibility index (Phi) is 3.09. The molecule has 0 spiro atoms. The van der Waals surface area contributed by atoms with Gasteiger partial charge in [0.1, 0.15) is 17.9 Å². The zero-order chi connectivity index (χ0) is 14.5. The number of nitrogens with two attached hydrogens (primary N) is 1. The molecule has 8 heteroatoms. The molecule has 4 N–H and O–H groups in total. The van der Waals surface area contributed by atoms with Crippen LogP contribution in [0.2, 0.25) is 5.02 Å². The zero-order valence-electron chi connectivity index (χ0n) is 10.8. The predicted octanol–water partition coefficient (Wildman–Crippen LogP) is 0.538. The van der Waals surface area contributed by atoms with Gasteiger partial charge in [-0.3, -0.25) is 0 Å². The van der Waals surface area contributed by atoms with Crippen LogP contribution in [0, 0.1) is 0 Å². The van der Waals surface area contributed by atoms with Crippen molar-refractivity contribution in [2.45, 2.75) is 31.2 Å². The standard InChI is InChI=1S/C12H15ClN4O3/c1-12(4-18)3-8(19)10(20-12)7-2-6(13)9-11(14)15-5-16-17(7)9/h2,5,8,10,18-19H,3-4H2,1H3,(H2,14,15,16). The largest absolute Gasteiger partial charge is 0.393 e. The molecule has 108 valence electrons. The van der Waals surface area contributed by atoms with Crippen molar-refractivity contribution < 1.29 is 14.9 Å². The lowest BCUT2D eigenvalue weighted by Crippen LogP contribution is -2.28. The Morgan fingerprint density at radius 1 is 1.65 bits per heavy atom. The van der Waals surface area contributed by atoms with Crippen LogP contribution in [-0.2, 0) is 4.74 Å². The molecule has 0 radical (unpaired) electrons. The highest BCUT2D eigenvalue weighted by Crippen LogP contribution is 2.41. The van der Waals surface area contributed by atoms with E-state index in [0.29, 0.717) is 22.7 Å². The molecule has 3 heterocycles. The fraction of sp³-hybridized carbons (Fsp3) is 0.500. The summed E-state index contributed by atoms with van der Waals surface area (Å²) in [4.78, 5) is 3.89. The molecule has 20 heavy (non-hydrogen) atoms. The lowest BCUT2D eigenvalue weighted by molar-refractivity contribution is -0.0719. The fourth-order valence-corrected chi connectivity index (χ4v) is 2.88. The highest BCUT2D eigenvalue weighted by Gasteiger charge is 2.44. The lowest BCUT2D eigenvalue weighted by atomic mass is 10.0. The molecule has 0 saturated carbocycles. The average Bonchev–Trinajstić information content (AvgIpc) is 2.89. The molecule has 0 aliphatic carbocycles. The van der Waals surface area contributed by atoms with Crippen molar-refractivity contribution >= 4 is 22.9 Å². The Labute approximate surface area is 119 Å². The number of aromatic nitrogens is 3. The molecule has 7 nitrogen and oxygen atoms in total. The van der Waals surface area contributed by atoms with Crippen molar-refractivity contribution in [1.82, 2.24) is 14.6 Å². The Morgan fingerprint density at radius 2 is 2.40 bits per heavy atom. The van der Waals surface area contributed by atoms with Gasteiger partial charge in [0.25, 0.3) is 0 Å². The summed E-state index contributed by atoms with van der Waals surface area (Å²) in [7, 11) is 0. The molecule has 3 atom stereocenters. The minimum absolute atomic E-state index is 0.172. The molecule has 1 aliphatic rings. The van der Waals surface area contributed by atoms with Crippen LogP contribution in [0.1, 0.15) is 25.1 Å². The number of hydrogen-bond acceptors (Lipinski definition) is 6. The van der Waals surface area contributed by atoms with Gasteiger partial charge in [-0.15, -0.1) is 0 Å². The van der Waals surface area contributed by atoms with E-state index >= 15 is 0 Å². The first-order valence-corrected chi connectivity index (χ1v) is 6.57. The number of aliphatic hydroxyl groups excluding tert-OH is 2. The van der Waals surface area contributed by atoms with Gasteiger partial charge in [0.15, 0.2) is 5.82 Å². The summed E-state index contributed by atoms with van der Waals surface area (Å²) in [6, 6.07) is 1.65. The molecule has 3 rings (SSSR count). The molecule has 1 aliphatic heterocycles. The summed E-state index contributed by atoms with van der Waals surface area (Å²) in [5, 5.41) is 24.0. The maximum absolute atomic E-state index is 10.2. The van der Waals surface area contributed by atoms with E-state index < -0.39 is 17.8 Å². The second-order valence-corrected chi connectivity index (χ2v) is 5.65. The third kappa shape index (κ3) is 1.94. The van der Waals surface area contributed by atoms with Crippen LogP contribution in [0.15, 0.2) is 12.4 Å². The summed E-state index contributed by atoms with van der Waals surface area (Å²) < 4.78 is 7.29. The van der Waals surface area contributed by atoms with Crippen LogP contribution >= 0.6 is 11.6 Å². The van der Waals surface area contributed by atoms with Gasteiger partial charge in [-0.2, -0.15) is 5.10 Å². The van der Waals surface area contributed by atoms with Crippen molar-refractivity contribution in [2.24, 2.45) is 0 Å². The average molecular weight is 299 g/mol. The van der Waals surface area contributed by atoms with Gasteiger partial charge in [-0.25, -0.2) is 9.50 Å². The second kappa shape index (κ2) is 4.56. The number of anilines is 1. The SMILES string of the molecule is CC1(CO)CC(O)C(c2cc(Cl)c3c(N)ncnn23)O1. The predicted molar refractivity (Wildman–Crippen MR) is 72.4 cm³/mol. The highest BCUT2D eigenvalue weighted by atomic mass is 35.5. The summed E-state index contributed by atoms with van der Waals surface area (Å²) in [6.45, 7) is 1.58. The van der Waals surface area contributed by atoms with Crippen LogP contribution in [0.3, 0.4) is 0 Å². The van der Waals surface area contributed by atoms with Gasteiger partial charge in [0.05, 0.1) is 29.0 Å². The lowest BCUT2D eigenvalue weighted by Gasteiger charge is -2.21. The van der Waals surface area contributed by atoms with Gasteiger partial charge in [-0.1, -0.05) is 11.6 Å². The Bertz CT molecular complexity index is 661. The molecule has 3 unspecified atom stereocenters. The molecule has 0 bridgehead atoms. The summed E-state index contributed by atoms with van der Waals surface area (Å²) in [6.07, 6.45) is 0.271. The topological polar surface area (TPSA) is 106 Å². The van der Waals surface area contributed by atoms with Crippen molar-refractivity contribution in [2.75, 3.05) is 12.3 Å². The Hall–Kier alpha value is -1.41. The molecule has 2 aromatic rings. The maximum atomic E-state index is 10.2. The maximum Gasteiger partial charge on any atom is 0.152 e. The van der Waals surface area contributed by atoms with E-state index in [-0.39, 0.29) is 12.4 Å². The van der Waals surface area contributed by atoms with E-state index in [1.165, 1.54) is 10.8 Å². The first-order valence-electron chi connectivity index (χ1n) is 6.19. The quantitative estimate of drug-likeness (QED) is 0.747. The van der Waals surface area contributed by atoms with E-state index in [1.54, 1.807) is 13.0 Å². The number of aliphatic hydroxyl groups is 2. The molecule has 0 aromatic carbocycles. The van der Waals surface area contributed by atoms with Gasteiger partial charge < -0.3 is 20.7 Å².